The number of rotatable bonds is 5. The molecule has 0 spiro atoms. The van der Waals surface area contributed by atoms with Crippen molar-refractivity contribution in [1.29, 1.82) is 5.26 Å². The first-order valence-corrected chi connectivity index (χ1v) is 11.9. The van der Waals surface area contributed by atoms with E-state index >= 15 is 0 Å². The second kappa shape index (κ2) is 10.2. The molecule has 0 aliphatic carbocycles. The van der Waals surface area contributed by atoms with E-state index < -0.39 is 10.0 Å². The Hall–Kier alpha value is -1.56. The van der Waals surface area contributed by atoms with Gasteiger partial charge in [0.2, 0.25) is 10.0 Å². The molecule has 0 bridgehead atoms. The quantitative estimate of drug-likeness (QED) is 0.652. The number of hydrogen-bond acceptors (Lipinski definition) is 5. The van der Waals surface area contributed by atoms with Crippen molar-refractivity contribution in [3.8, 4) is 6.07 Å². The van der Waals surface area contributed by atoms with Gasteiger partial charge in [-0.15, -0.1) is 12.4 Å². The summed E-state index contributed by atoms with van der Waals surface area (Å²) in [6.07, 6.45) is 1.62. The van der Waals surface area contributed by atoms with Crippen LogP contribution in [0.1, 0.15) is 29.5 Å². The zero-order valence-electron chi connectivity index (χ0n) is 17.8. The van der Waals surface area contributed by atoms with Gasteiger partial charge in [-0.2, -0.15) is 9.57 Å². The third kappa shape index (κ3) is 5.37. The molecule has 2 aromatic carbocycles. The highest BCUT2D eigenvalue weighted by molar-refractivity contribution is 8.00. The number of piperidine rings is 1. The highest BCUT2D eigenvalue weighted by Crippen LogP contribution is 2.37. The maximum Gasteiger partial charge on any atom is 0.244 e. The van der Waals surface area contributed by atoms with Crippen molar-refractivity contribution in [3.05, 3.63) is 53.1 Å². The lowest BCUT2D eigenvalue weighted by molar-refractivity contribution is 0.196. The van der Waals surface area contributed by atoms with E-state index in [0.29, 0.717) is 29.6 Å². The predicted octanol–water partition coefficient (Wildman–Crippen LogP) is 4.46. The van der Waals surface area contributed by atoms with Gasteiger partial charge >= 0.3 is 0 Å². The number of aryl methyl sites for hydroxylation is 2. The Balaban J connectivity index is 0.00000320. The molecule has 5 nitrogen and oxygen atoms in total. The molecule has 2 aromatic rings. The zero-order chi connectivity index (χ0) is 21.2. The summed E-state index contributed by atoms with van der Waals surface area (Å²) in [5.41, 5.74) is 2.58. The number of nitriles is 1. The Labute approximate surface area is 190 Å². The zero-order valence-corrected chi connectivity index (χ0v) is 20.2. The summed E-state index contributed by atoms with van der Waals surface area (Å²) in [6, 6.07) is 13.6. The minimum atomic E-state index is -3.67. The molecule has 0 N–H and O–H groups in total. The van der Waals surface area contributed by atoms with Gasteiger partial charge in [0, 0.05) is 28.9 Å². The van der Waals surface area contributed by atoms with Gasteiger partial charge in [-0.05, 0) is 76.2 Å². The summed E-state index contributed by atoms with van der Waals surface area (Å²) in [5, 5.41) is 9.32. The number of benzene rings is 2. The molecule has 0 saturated carbocycles. The average molecular weight is 466 g/mol. The largest absolute Gasteiger partial charge is 0.306 e. The SMILES string of the molecule is Cc1ccc(C)c(Sc2ccc(C#N)cc2S(=O)(=O)N2CCC(N(C)C)CC2)c1.Cl. The summed E-state index contributed by atoms with van der Waals surface area (Å²) < 4.78 is 28.5. The standard InChI is InChI=1S/C22H27N3O2S2.ClH/c1-16-5-6-17(2)21(13-16)28-20-8-7-18(15-23)14-22(20)29(26,27)25-11-9-19(10-12-25)24(3)4;/h5-8,13-14,19H,9-12H2,1-4H3;1H. The minimum absolute atomic E-state index is 0. The molecular formula is C22H28ClN3O2S2. The highest BCUT2D eigenvalue weighted by Gasteiger charge is 2.32. The molecule has 1 aliphatic heterocycles. The fraction of sp³-hybridized carbons (Fsp3) is 0.409. The van der Waals surface area contributed by atoms with E-state index in [0.717, 1.165) is 28.9 Å². The average Bonchev–Trinajstić information content (AvgIpc) is 2.71. The van der Waals surface area contributed by atoms with Crippen molar-refractivity contribution in [2.45, 2.75) is 47.4 Å². The van der Waals surface area contributed by atoms with Crippen molar-refractivity contribution >= 4 is 34.2 Å². The first kappa shape index (κ1) is 24.7. The molecule has 0 amide bonds. The Morgan fingerprint density at radius 2 is 1.73 bits per heavy atom. The molecule has 1 heterocycles. The van der Waals surface area contributed by atoms with E-state index in [9.17, 15) is 13.7 Å². The molecule has 3 rings (SSSR count). The number of nitrogens with zero attached hydrogens (tertiary/aromatic N) is 3. The summed E-state index contributed by atoms with van der Waals surface area (Å²) in [4.78, 5) is 4.07. The third-order valence-corrected chi connectivity index (χ3v) is 8.71. The maximum absolute atomic E-state index is 13.5. The van der Waals surface area contributed by atoms with Crippen LogP contribution in [0.25, 0.3) is 0 Å². The monoisotopic (exact) mass is 465 g/mol. The Morgan fingerprint density at radius 1 is 1.07 bits per heavy atom. The lowest BCUT2D eigenvalue weighted by Gasteiger charge is -2.34. The summed E-state index contributed by atoms with van der Waals surface area (Å²) >= 11 is 1.45. The fourth-order valence-electron chi connectivity index (χ4n) is 3.54. The van der Waals surface area contributed by atoms with Crippen LogP contribution < -0.4 is 0 Å². The molecule has 1 fully saturated rings. The summed E-state index contributed by atoms with van der Waals surface area (Å²) in [7, 11) is 0.389. The van der Waals surface area contributed by atoms with Gasteiger partial charge in [-0.25, -0.2) is 8.42 Å². The van der Waals surface area contributed by atoms with Crippen molar-refractivity contribution in [3.63, 3.8) is 0 Å². The minimum Gasteiger partial charge on any atom is -0.306 e. The smallest absolute Gasteiger partial charge is 0.244 e. The fourth-order valence-corrected chi connectivity index (χ4v) is 6.55. The first-order chi connectivity index (χ1) is 13.7. The lowest BCUT2D eigenvalue weighted by Crippen LogP contribution is -2.44. The topological polar surface area (TPSA) is 64.4 Å². The van der Waals surface area contributed by atoms with Crippen molar-refractivity contribution in [2.24, 2.45) is 0 Å². The van der Waals surface area contributed by atoms with Crippen molar-refractivity contribution in [2.75, 3.05) is 27.2 Å². The van der Waals surface area contributed by atoms with Gasteiger partial charge in [0.1, 0.15) is 0 Å². The second-order valence-electron chi connectivity index (χ2n) is 7.74. The van der Waals surface area contributed by atoms with E-state index in [1.54, 1.807) is 16.4 Å². The molecule has 30 heavy (non-hydrogen) atoms. The van der Waals surface area contributed by atoms with Gasteiger partial charge in [0.05, 0.1) is 16.5 Å². The molecule has 0 atom stereocenters. The van der Waals surface area contributed by atoms with Crippen LogP contribution in [0.15, 0.2) is 51.1 Å². The van der Waals surface area contributed by atoms with Gasteiger partial charge in [-0.1, -0.05) is 23.9 Å². The van der Waals surface area contributed by atoms with Crippen LogP contribution in [0.2, 0.25) is 0 Å². The molecule has 8 heteroatoms. The third-order valence-electron chi connectivity index (χ3n) is 5.41. The number of hydrogen-bond donors (Lipinski definition) is 0. The Kier molecular flexibility index (Phi) is 8.37. The first-order valence-electron chi connectivity index (χ1n) is 9.68. The predicted molar refractivity (Wildman–Crippen MR) is 124 cm³/mol. The van der Waals surface area contributed by atoms with Crippen LogP contribution in [-0.4, -0.2) is 50.8 Å². The molecule has 0 unspecified atom stereocenters. The number of sulfonamides is 1. The number of halogens is 1. The van der Waals surface area contributed by atoms with Crippen LogP contribution in [-0.2, 0) is 10.0 Å². The summed E-state index contributed by atoms with van der Waals surface area (Å²) in [5.74, 6) is 0. The normalized spacial score (nSPS) is 15.6. The van der Waals surface area contributed by atoms with E-state index in [4.69, 9.17) is 0 Å². The van der Waals surface area contributed by atoms with Crippen LogP contribution in [0.5, 0.6) is 0 Å². The van der Waals surface area contributed by atoms with Crippen LogP contribution in [0.3, 0.4) is 0 Å². The Morgan fingerprint density at radius 3 is 2.33 bits per heavy atom. The van der Waals surface area contributed by atoms with Gasteiger partial charge in [0.15, 0.2) is 0 Å². The van der Waals surface area contributed by atoms with Crippen molar-refractivity contribution < 1.29 is 8.42 Å². The van der Waals surface area contributed by atoms with Crippen LogP contribution in [0.4, 0.5) is 0 Å². The van der Waals surface area contributed by atoms with E-state index in [1.165, 1.54) is 17.8 Å². The van der Waals surface area contributed by atoms with Gasteiger partial charge in [0.25, 0.3) is 0 Å². The van der Waals surface area contributed by atoms with Gasteiger partial charge < -0.3 is 4.90 Å². The molecular weight excluding hydrogens is 438 g/mol. The van der Waals surface area contributed by atoms with E-state index in [2.05, 4.69) is 17.0 Å². The van der Waals surface area contributed by atoms with Crippen molar-refractivity contribution in [1.82, 2.24) is 9.21 Å². The highest BCUT2D eigenvalue weighted by atomic mass is 35.5. The summed E-state index contributed by atoms with van der Waals surface area (Å²) in [6.45, 7) is 5.03. The lowest BCUT2D eigenvalue weighted by atomic mass is 10.1. The molecule has 1 saturated heterocycles. The second-order valence-corrected chi connectivity index (χ2v) is 10.7. The maximum atomic E-state index is 13.5. The van der Waals surface area contributed by atoms with E-state index in [-0.39, 0.29) is 17.3 Å². The molecule has 1 aliphatic rings. The van der Waals surface area contributed by atoms with Crippen LogP contribution >= 0.6 is 24.2 Å². The molecule has 0 aromatic heterocycles. The van der Waals surface area contributed by atoms with E-state index in [1.807, 2.05) is 40.1 Å². The Bertz CT molecular complexity index is 1040. The van der Waals surface area contributed by atoms with Gasteiger partial charge in [-0.3, -0.25) is 0 Å². The van der Waals surface area contributed by atoms with Crippen LogP contribution in [0, 0.1) is 25.2 Å². The molecule has 0 radical (unpaired) electrons. The molecule has 162 valence electrons.